The van der Waals surface area contributed by atoms with E-state index < -0.39 is 29.3 Å². The molecular weight excluding hydrogens is 242 g/mol. The van der Waals surface area contributed by atoms with Gasteiger partial charge in [0.25, 0.3) is 5.91 Å². The highest BCUT2D eigenvalue weighted by atomic mass is 16.6. The summed E-state index contributed by atoms with van der Waals surface area (Å²) in [5, 5.41) is 14.0. The summed E-state index contributed by atoms with van der Waals surface area (Å²) in [6.45, 7) is 0.464. The van der Waals surface area contributed by atoms with Crippen molar-refractivity contribution in [2.24, 2.45) is 0 Å². The average Bonchev–Trinajstić information content (AvgIpc) is 2.75. The number of ether oxygens (including phenoxy) is 1. The molecule has 1 unspecified atom stereocenters. The number of aromatic nitrogens is 1. The molecule has 2 rings (SSSR count). The maximum absolute atomic E-state index is 11.6. The minimum absolute atomic E-state index is 0.0232. The standard InChI is InChI=1S/C10H11N3O5/c14-7-1-6(11-4-8(7)15)9(16)12-2-5-3-13-10(17)18-5/h1,4-5,15H,2-3H2,(H,11,14)(H,12,16)(H,13,17). The molecule has 4 N–H and O–H groups in total. The van der Waals surface area contributed by atoms with Crippen LogP contribution in [-0.2, 0) is 4.74 Å². The van der Waals surface area contributed by atoms with Crippen LogP contribution in [0.4, 0.5) is 4.79 Å². The monoisotopic (exact) mass is 253 g/mol. The molecule has 8 heteroatoms. The predicted molar refractivity (Wildman–Crippen MR) is 59.3 cm³/mol. The summed E-state index contributed by atoms with van der Waals surface area (Å²) in [4.78, 5) is 35.9. The Morgan fingerprint density at radius 1 is 1.56 bits per heavy atom. The predicted octanol–water partition coefficient (Wildman–Crippen LogP) is -1.08. The van der Waals surface area contributed by atoms with E-state index in [-0.39, 0.29) is 12.2 Å². The van der Waals surface area contributed by atoms with E-state index >= 15 is 0 Å². The van der Waals surface area contributed by atoms with E-state index in [0.717, 1.165) is 12.3 Å². The van der Waals surface area contributed by atoms with Crippen molar-refractivity contribution in [1.29, 1.82) is 0 Å². The Morgan fingerprint density at radius 3 is 2.94 bits per heavy atom. The summed E-state index contributed by atoms with van der Waals surface area (Å²) in [5.74, 6) is -0.976. The number of H-pyrrole nitrogens is 1. The highest BCUT2D eigenvalue weighted by Crippen LogP contribution is 2.00. The van der Waals surface area contributed by atoms with Gasteiger partial charge >= 0.3 is 6.09 Å². The van der Waals surface area contributed by atoms with Crippen LogP contribution >= 0.6 is 0 Å². The lowest BCUT2D eigenvalue weighted by Crippen LogP contribution is -2.34. The lowest BCUT2D eigenvalue weighted by molar-refractivity contribution is 0.0911. The Hall–Kier alpha value is -2.51. The summed E-state index contributed by atoms with van der Waals surface area (Å²) in [7, 11) is 0. The van der Waals surface area contributed by atoms with Crippen LogP contribution in [0.25, 0.3) is 0 Å². The van der Waals surface area contributed by atoms with Crippen molar-refractivity contribution in [2.75, 3.05) is 13.1 Å². The molecular formula is C10H11N3O5. The van der Waals surface area contributed by atoms with Gasteiger partial charge in [0.2, 0.25) is 5.43 Å². The molecule has 0 saturated carbocycles. The van der Waals surface area contributed by atoms with Crippen LogP contribution in [0.1, 0.15) is 10.5 Å². The van der Waals surface area contributed by atoms with E-state index in [0.29, 0.717) is 6.54 Å². The molecule has 0 aliphatic carbocycles. The molecule has 1 atom stereocenters. The summed E-state index contributed by atoms with van der Waals surface area (Å²) < 4.78 is 4.81. The number of hydrogen-bond donors (Lipinski definition) is 4. The number of rotatable bonds is 3. The number of alkyl carbamates (subject to hydrolysis) is 1. The van der Waals surface area contributed by atoms with Gasteiger partial charge in [-0.3, -0.25) is 9.59 Å². The van der Waals surface area contributed by atoms with E-state index in [1.54, 1.807) is 0 Å². The first-order valence-electron chi connectivity index (χ1n) is 5.20. The minimum atomic E-state index is -0.645. The molecule has 2 amide bonds. The fraction of sp³-hybridized carbons (Fsp3) is 0.300. The molecule has 0 bridgehead atoms. The fourth-order valence-corrected chi connectivity index (χ4v) is 1.44. The maximum atomic E-state index is 11.6. The molecule has 0 radical (unpaired) electrons. The Bertz CT molecular complexity index is 539. The number of aromatic amines is 1. The van der Waals surface area contributed by atoms with Gasteiger partial charge in [0.05, 0.1) is 13.1 Å². The van der Waals surface area contributed by atoms with Crippen LogP contribution in [0.5, 0.6) is 5.75 Å². The lowest BCUT2D eigenvalue weighted by Gasteiger charge is -2.09. The van der Waals surface area contributed by atoms with Crippen molar-refractivity contribution < 1.29 is 19.4 Å². The molecule has 0 aromatic carbocycles. The molecule has 1 aliphatic heterocycles. The van der Waals surface area contributed by atoms with E-state index in [9.17, 15) is 14.4 Å². The summed E-state index contributed by atoms with van der Waals surface area (Å²) in [6, 6.07) is 0.990. The number of hydrogen-bond acceptors (Lipinski definition) is 5. The number of pyridine rings is 1. The number of carbonyl (C=O) groups excluding carboxylic acids is 2. The first-order chi connectivity index (χ1) is 8.56. The largest absolute Gasteiger partial charge is 0.503 e. The third-order valence-corrected chi connectivity index (χ3v) is 2.37. The van der Waals surface area contributed by atoms with E-state index in [1.165, 1.54) is 0 Å². The number of aromatic hydroxyl groups is 1. The number of carbonyl (C=O) groups is 2. The van der Waals surface area contributed by atoms with Gasteiger partial charge in [-0.05, 0) is 0 Å². The zero-order chi connectivity index (χ0) is 13.1. The maximum Gasteiger partial charge on any atom is 0.407 e. The van der Waals surface area contributed by atoms with Gasteiger partial charge in [-0.2, -0.15) is 0 Å². The molecule has 8 nitrogen and oxygen atoms in total. The molecule has 0 spiro atoms. The second-order valence-electron chi connectivity index (χ2n) is 3.71. The third-order valence-electron chi connectivity index (χ3n) is 2.37. The SMILES string of the molecule is O=C1NCC(CNC(=O)c2cc(=O)c(O)c[nH]2)O1. The molecule has 18 heavy (non-hydrogen) atoms. The van der Waals surface area contributed by atoms with Crippen molar-refractivity contribution in [3.8, 4) is 5.75 Å². The van der Waals surface area contributed by atoms with Gasteiger partial charge in [0.15, 0.2) is 5.75 Å². The zero-order valence-corrected chi connectivity index (χ0v) is 9.23. The number of amides is 2. The van der Waals surface area contributed by atoms with Gasteiger partial charge in [-0.1, -0.05) is 0 Å². The summed E-state index contributed by atoms with van der Waals surface area (Å²) in [5.41, 5.74) is -0.622. The third kappa shape index (κ3) is 2.59. The van der Waals surface area contributed by atoms with E-state index in [4.69, 9.17) is 9.84 Å². The Morgan fingerprint density at radius 2 is 2.33 bits per heavy atom. The molecule has 96 valence electrons. The number of nitrogens with one attached hydrogen (secondary N) is 3. The normalized spacial score (nSPS) is 18.0. The highest BCUT2D eigenvalue weighted by Gasteiger charge is 2.23. The van der Waals surface area contributed by atoms with Gasteiger partial charge in [-0.15, -0.1) is 0 Å². The molecule has 1 aromatic rings. The smallest absolute Gasteiger partial charge is 0.407 e. The Labute approximate surface area is 101 Å². The molecule has 1 saturated heterocycles. The summed E-state index contributed by atoms with van der Waals surface area (Å²) >= 11 is 0. The molecule has 1 fully saturated rings. The molecule has 1 aromatic heterocycles. The first-order valence-corrected chi connectivity index (χ1v) is 5.20. The van der Waals surface area contributed by atoms with E-state index in [2.05, 4.69) is 15.6 Å². The van der Waals surface area contributed by atoms with Crippen molar-refractivity contribution in [1.82, 2.24) is 15.6 Å². The summed E-state index contributed by atoms with van der Waals surface area (Å²) in [6.07, 6.45) is 0.0894. The van der Waals surface area contributed by atoms with Crippen molar-refractivity contribution in [3.05, 3.63) is 28.2 Å². The van der Waals surface area contributed by atoms with Gasteiger partial charge < -0.3 is 25.5 Å². The fourth-order valence-electron chi connectivity index (χ4n) is 1.44. The lowest BCUT2D eigenvalue weighted by atomic mass is 10.3. The van der Waals surface area contributed by atoms with Crippen molar-refractivity contribution in [2.45, 2.75) is 6.10 Å². The Balaban J connectivity index is 1.93. The zero-order valence-electron chi connectivity index (χ0n) is 9.23. The van der Waals surface area contributed by atoms with Crippen LogP contribution in [0.3, 0.4) is 0 Å². The van der Waals surface area contributed by atoms with Crippen LogP contribution in [0, 0.1) is 0 Å². The second kappa shape index (κ2) is 4.78. The molecule has 2 heterocycles. The van der Waals surface area contributed by atoms with Crippen LogP contribution in [-0.4, -0.2) is 41.3 Å². The van der Waals surface area contributed by atoms with Gasteiger partial charge in [0.1, 0.15) is 11.8 Å². The van der Waals surface area contributed by atoms with Crippen LogP contribution in [0.15, 0.2) is 17.1 Å². The first kappa shape index (κ1) is 12.0. The minimum Gasteiger partial charge on any atom is -0.503 e. The van der Waals surface area contributed by atoms with Crippen LogP contribution in [0.2, 0.25) is 0 Å². The average molecular weight is 253 g/mol. The second-order valence-corrected chi connectivity index (χ2v) is 3.71. The van der Waals surface area contributed by atoms with Gasteiger partial charge in [0, 0.05) is 12.3 Å². The Kier molecular flexibility index (Phi) is 3.18. The number of cyclic esters (lactones) is 1. The molecule has 1 aliphatic rings. The van der Waals surface area contributed by atoms with Crippen molar-refractivity contribution in [3.63, 3.8) is 0 Å². The van der Waals surface area contributed by atoms with Crippen LogP contribution < -0.4 is 16.1 Å². The topological polar surface area (TPSA) is 121 Å². The van der Waals surface area contributed by atoms with Crippen molar-refractivity contribution >= 4 is 12.0 Å². The van der Waals surface area contributed by atoms with E-state index in [1.807, 2.05) is 0 Å². The van der Waals surface area contributed by atoms with Gasteiger partial charge in [-0.25, -0.2) is 4.79 Å². The highest BCUT2D eigenvalue weighted by molar-refractivity contribution is 5.92. The quantitative estimate of drug-likeness (QED) is 0.546.